The Balaban J connectivity index is 1.75. The van der Waals surface area contributed by atoms with Gasteiger partial charge in [-0.25, -0.2) is 0 Å². The van der Waals surface area contributed by atoms with Gasteiger partial charge >= 0.3 is 0 Å². The fourth-order valence-electron chi connectivity index (χ4n) is 4.28. The molecule has 5 heteroatoms. The Morgan fingerprint density at radius 2 is 1.36 bits per heavy atom. The van der Waals surface area contributed by atoms with Crippen LogP contribution in [0.25, 0.3) is 34.4 Å². The number of halogens is 1. The van der Waals surface area contributed by atoms with Crippen molar-refractivity contribution in [3.63, 3.8) is 0 Å². The van der Waals surface area contributed by atoms with Crippen LogP contribution >= 0.6 is 11.6 Å². The molecule has 0 heterocycles. The Morgan fingerprint density at radius 3 is 2.18 bits per heavy atom. The maximum absolute atomic E-state index is 10.8. The minimum absolute atomic E-state index is 0.0465. The molecule has 4 nitrogen and oxygen atoms in total. The molecular weight excluding hydrogens is 436 g/mol. The Kier molecular flexibility index (Phi) is 5.23. The van der Waals surface area contributed by atoms with Crippen LogP contribution in [-0.4, -0.2) is 20.4 Å². The highest BCUT2D eigenvalue weighted by molar-refractivity contribution is 6.32. The second-order valence-electron chi connectivity index (χ2n) is 8.20. The molecule has 6 rings (SSSR count). The van der Waals surface area contributed by atoms with E-state index in [1.807, 2.05) is 42.5 Å². The molecule has 6 bridgehead atoms. The minimum Gasteiger partial charge on any atom is -0.508 e. The monoisotopic (exact) mass is 456 g/mol. The molecule has 33 heavy (non-hydrogen) atoms. The van der Waals surface area contributed by atoms with Crippen LogP contribution in [-0.2, 0) is 12.8 Å². The smallest absolute Gasteiger partial charge is 0.142 e. The van der Waals surface area contributed by atoms with E-state index in [2.05, 4.69) is 0 Å². The van der Waals surface area contributed by atoms with E-state index in [1.54, 1.807) is 36.4 Å². The number of aryl methyl sites for hydroxylation is 2. The summed E-state index contributed by atoms with van der Waals surface area (Å²) in [6.45, 7) is 0. The Morgan fingerprint density at radius 1 is 0.576 bits per heavy atom. The van der Waals surface area contributed by atoms with Gasteiger partial charge in [0.1, 0.15) is 23.0 Å². The van der Waals surface area contributed by atoms with Crippen LogP contribution in [0.3, 0.4) is 0 Å². The summed E-state index contributed by atoms with van der Waals surface area (Å²) in [4.78, 5) is 0. The van der Waals surface area contributed by atoms with Crippen LogP contribution in [0.15, 0.2) is 66.7 Å². The van der Waals surface area contributed by atoms with Gasteiger partial charge in [-0.1, -0.05) is 48.0 Å². The number of benzene rings is 4. The predicted molar refractivity (Wildman–Crippen MR) is 132 cm³/mol. The van der Waals surface area contributed by atoms with Gasteiger partial charge in [0.2, 0.25) is 0 Å². The van der Waals surface area contributed by atoms with Crippen molar-refractivity contribution in [1.29, 1.82) is 0 Å². The van der Waals surface area contributed by atoms with Crippen molar-refractivity contribution in [3.8, 4) is 45.3 Å². The van der Waals surface area contributed by atoms with E-state index in [9.17, 15) is 20.4 Å². The fourth-order valence-corrected chi connectivity index (χ4v) is 4.51. The molecule has 0 spiro atoms. The van der Waals surface area contributed by atoms with Crippen molar-refractivity contribution in [2.75, 3.05) is 0 Å². The highest BCUT2D eigenvalue weighted by Crippen LogP contribution is 2.42. The van der Waals surface area contributed by atoms with Crippen molar-refractivity contribution in [1.82, 2.24) is 0 Å². The van der Waals surface area contributed by atoms with Crippen LogP contribution in [0.1, 0.15) is 22.3 Å². The third kappa shape index (κ3) is 4.01. The number of rotatable bonds is 0. The van der Waals surface area contributed by atoms with E-state index in [1.165, 1.54) is 0 Å². The SMILES string of the molecule is Oc1ccc2c(c1)CCc1ccc(O)c(c1)-c1cc(cc(Cl)c1O)/C=C\c1ccc-2c(O)c1. The van der Waals surface area contributed by atoms with Crippen LogP contribution in [0.2, 0.25) is 5.02 Å². The molecule has 0 aliphatic heterocycles. The summed E-state index contributed by atoms with van der Waals surface area (Å²) in [5.41, 5.74) is 5.84. The highest BCUT2D eigenvalue weighted by Gasteiger charge is 2.16. The van der Waals surface area contributed by atoms with Crippen LogP contribution in [0, 0.1) is 0 Å². The molecule has 2 aliphatic rings. The van der Waals surface area contributed by atoms with E-state index in [-0.39, 0.29) is 28.0 Å². The molecular formula is C28H21ClO4. The molecule has 0 aromatic heterocycles. The summed E-state index contributed by atoms with van der Waals surface area (Å²) in [6.07, 6.45) is 4.90. The first-order chi connectivity index (χ1) is 15.9. The lowest BCUT2D eigenvalue weighted by molar-refractivity contribution is 0.469. The van der Waals surface area contributed by atoms with E-state index in [4.69, 9.17) is 11.6 Å². The van der Waals surface area contributed by atoms with Crippen LogP contribution < -0.4 is 0 Å². The Bertz CT molecular complexity index is 1420. The first-order valence-electron chi connectivity index (χ1n) is 10.6. The molecule has 0 unspecified atom stereocenters. The fraction of sp³-hybridized carbons (Fsp3) is 0.0714. The standard InChI is InChI=1S/C28H21ClO4/c29-25-13-18-2-1-17-4-8-22(27(32)14-17)21-9-7-20(30)15-19(21)6-3-16-5-10-26(31)23(11-16)24(12-18)28(25)33/h1-2,4-5,7-15,30-33H,3,6H2/b2-1-. The van der Waals surface area contributed by atoms with Crippen molar-refractivity contribution >= 4 is 23.8 Å². The number of phenols is 4. The Labute approximate surface area is 196 Å². The van der Waals surface area contributed by atoms with Gasteiger partial charge in [-0.05, 0) is 83.1 Å². The van der Waals surface area contributed by atoms with E-state index >= 15 is 0 Å². The van der Waals surface area contributed by atoms with Gasteiger partial charge in [-0.2, -0.15) is 0 Å². The zero-order valence-corrected chi connectivity index (χ0v) is 18.3. The molecule has 164 valence electrons. The molecule has 0 saturated heterocycles. The van der Waals surface area contributed by atoms with Gasteiger partial charge < -0.3 is 20.4 Å². The van der Waals surface area contributed by atoms with Crippen molar-refractivity contribution in [2.45, 2.75) is 12.8 Å². The number of hydrogen-bond donors (Lipinski definition) is 4. The third-order valence-electron chi connectivity index (χ3n) is 5.99. The van der Waals surface area contributed by atoms with Gasteiger partial charge in [-0.3, -0.25) is 0 Å². The lowest BCUT2D eigenvalue weighted by Gasteiger charge is -2.15. The van der Waals surface area contributed by atoms with Crippen molar-refractivity contribution in [2.24, 2.45) is 0 Å². The Hall–Kier alpha value is -3.89. The van der Waals surface area contributed by atoms with Gasteiger partial charge in [-0.15, -0.1) is 0 Å². The van der Waals surface area contributed by atoms with E-state index in [0.717, 1.165) is 27.8 Å². The quantitative estimate of drug-likeness (QED) is 0.235. The lowest BCUT2D eigenvalue weighted by atomic mass is 9.92. The topological polar surface area (TPSA) is 80.9 Å². The second kappa shape index (κ2) is 8.23. The maximum atomic E-state index is 10.8. The lowest BCUT2D eigenvalue weighted by Crippen LogP contribution is -1.96. The summed E-state index contributed by atoms with van der Waals surface area (Å²) >= 11 is 6.30. The molecule has 4 aromatic rings. The average Bonchev–Trinajstić information content (AvgIpc) is 2.79. The first kappa shape index (κ1) is 21.0. The van der Waals surface area contributed by atoms with Crippen molar-refractivity contribution < 1.29 is 20.4 Å². The summed E-state index contributed by atoms with van der Waals surface area (Å²) < 4.78 is 0. The summed E-state index contributed by atoms with van der Waals surface area (Å²) in [7, 11) is 0. The van der Waals surface area contributed by atoms with Gasteiger partial charge in [0.25, 0.3) is 0 Å². The summed E-state index contributed by atoms with van der Waals surface area (Å²) in [5.74, 6) is 0.252. The first-order valence-corrected chi connectivity index (χ1v) is 10.9. The maximum Gasteiger partial charge on any atom is 0.142 e. The van der Waals surface area contributed by atoms with Crippen LogP contribution in [0.5, 0.6) is 23.0 Å². The molecule has 0 radical (unpaired) electrons. The second-order valence-corrected chi connectivity index (χ2v) is 8.61. The normalized spacial score (nSPS) is 13.5. The molecule has 0 fully saturated rings. The van der Waals surface area contributed by atoms with Crippen molar-refractivity contribution in [3.05, 3.63) is 94.0 Å². The molecule has 0 atom stereocenters. The van der Waals surface area contributed by atoms with E-state index in [0.29, 0.717) is 29.5 Å². The van der Waals surface area contributed by atoms with E-state index < -0.39 is 0 Å². The van der Waals surface area contributed by atoms with Crippen LogP contribution in [0.4, 0.5) is 0 Å². The summed E-state index contributed by atoms with van der Waals surface area (Å²) in [6, 6.07) is 19.3. The van der Waals surface area contributed by atoms with Gasteiger partial charge in [0.15, 0.2) is 0 Å². The average molecular weight is 457 g/mol. The zero-order chi connectivity index (χ0) is 23.1. The predicted octanol–water partition coefficient (Wildman–Crippen LogP) is 6.77. The van der Waals surface area contributed by atoms with Gasteiger partial charge in [0, 0.05) is 16.7 Å². The largest absolute Gasteiger partial charge is 0.508 e. The minimum atomic E-state index is -0.0975. The third-order valence-corrected chi connectivity index (χ3v) is 6.28. The summed E-state index contributed by atoms with van der Waals surface area (Å²) in [5, 5.41) is 42.2. The number of fused-ring (bicyclic) bond motifs is 3. The molecule has 0 amide bonds. The molecule has 0 saturated carbocycles. The van der Waals surface area contributed by atoms with Gasteiger partial charge in [0.05, 0.1) is 5.02 Å². The number of hydrogen-bond acceptors (Lipinski definition) is 4. The molecule has 4 N–H and O–H groups in total. The number of aromatic hydroxyl groups is 4. The number of phenolic OH excluding ortho intramolecular Hbond substituents is 4. The molecule has 2 aliphatic carbocycles. The zero-order valence-electron chi connectivity index (χ0n) is 17.6. The molecule has 4 aromatic carbocycles. The highest BCUT2D eigenvalue weighted by atomic mass is 35.5.